The van der Waals surface area contributed by atoms with Crippen molar-refractivity contribution in [2.24, 2.45) is 0 Å². The van der Waals surface area contributed by atoms with E-state index in [2.05, 4.69) is 25.3 Å². The molecule has 0 amide bonds. The first-order valence-electron chi connectivity index (χ1n) is 10.3. The number of nitro benzene ring substituents is 1. The quantitative estimate of drug-likeness (QED) is 0.194. The predicted octanol–water partition coefficient (Wildman–Crippen LogP) is 0.482. The van der Waals surface area contributed by atoms with Crippen LogP contribution in [0.4, 0.5) is 11.5 Å². The number of aromatic nitrogens is 5. The van der Waals surface area contributed by atoms with Gasteiger partial charge in [0, 0.05) is 35.8 Å². The minimum absolute atomic E-state index is 0.0317. The van der Waals surface area contributed by atoms with Crippen molar-refractivity contribution >= 4 is 33.6 Å². The number of hydrogen-bond donors (Lipinski definition) is 5. The lowest BCUT2D eigenvalue weighted by atomic mass is 10.1. The Hall–Kier alpha value is -3.65. The van der Waals surface area contributed by atoms with Crippen molar-refractivity contribution in [3.05, 3.63) is 52.7 Å². The van der Waals surface area contributed by atoms with Crippen molar-refractivity contribution in [3.63, 3.8) is 0 Å². The maximum Gasteiger partial charge on any atom is 0.270 e. The van der Waals surface area contributed by atoms with Crippen LogP contribution in [-0.4, -0.2) is 76.2 Å². The fourth-order valence-electron chi connectivity index (χ4n) is 4.08. The summed E-state index contributed by atoms with van der Waals surface area (Å²) in [7, 11) is 0. The first kappa shape index (κ1) is 21.2. The third-order valence-electron chi connectivity index (χ3n) is 5.80. The molecule has 1 aliphatic heterocycles. The van der Waals surface area contributed by atoms with E-state index in [1.165, 1.54) is 23.3 Å². The highest BCUT2D eigenvalue weighted by molar-refractivity contribution is 5.85. The van der Waals surface area contributed by atoms with E-state index in [-0.39, 0.29) is 5.69 Å². The van der Waals surface area contributed by atoms with Gasteiger partial charge in [0.05, 0.1) is 17.9 Å². The number of nitrogens with zero attached hydrogens (tertiary/aromatic N) is 5. The second-order valence-corrected chi connectivity index (χ2v) is 7.75. The number of aromatic amines is 1. The average Bonchev–Trinajstić information content (AvgIpc) is 3.50. The number of non-ortho nitro benzene ring substituents is 1. The van der Waals surface area contributed by atoms with E-state index in [1.807, 2.05) is 6.20 Å². The molecule has 0 radical (unpaired) electrons. The number of aliphatic hydroxyl groups is 3. The van der Waals surface area contributed by atoms with Crippen LogP contribution in [0.1, 0.15) is 11.8 Å². The van der Waals surface area contributed by atoms with E-state index < -0.39 is 36.1 Å². The van der Waals surface area contributed by atoms with Crippen molar-refractivity contribution in [1.29, 1.82) is 0 Å². The summed E-state index contributed by atoms with van der Waals surface area (Å²) in [5.74, 6) is 0.469. The van der Waals surface area contributed by atoms with Crippen LogP contribution in [0.3, 0.4) is 0 Å². The molecule has 1 aromatic carbocycles. The molecule has 3 aromatic heterocycles. The number of H-pyrrole nitrogens is 1. The number of ether oxygens (including phenoxy) is 1. The SMILES string of the molecule is O=[N+]([O-])c1ccc2[nH]cc(CCNc3ncnc4c3ncn4[C@@H]3O[C@H](CO)[C@@H](O)[C@H]3O)c2c1. The fourth-order valence-corrected chi connectivity index (χ4v) is 4.08. The molecule has 0 aliphatic carbocycles. The zero-order valence-corrected chi connectivity index (χ0v) is 17.2. The molecule has 4 aromatic rings. The van der Waals surface area contributed by atoms with Crippen LogP contribution in [0, 0.1) is 10.1 Å². The molecular weight excluding hydrogens is 434 g/mol. The second kappa shape index (κ2) is 8.37. The van der Waals surface area contributed by atoms with E-state index in [4.69, 9.17) is 4.74 Å². The van der Waals surface area contributed by atoms with E-state index in [0.717, 1.165) is 16.5 Å². The molecule has 0 spiro atoms. The van der Waals surface area contributed by atoms with Crippen LogP contribution in [0.25, 0.3) is 22.1 Å². The Morgan fingerprint density at radius 1 is 1.24 bits per heavy atom. The number of anilines is 1. The molecular formula is C20H21N7O6. The number of fused-ring (bicyclic) bond motifs is 2. The van der Waals surface area contributed by atoms with Gasteiger partial charge in [0.1, 0.15) is 24.6 Å². The monoisotopic (exact) mass is 455 g/mol. The zero-order valence-electron chi connectivity index (χ0n) is 17.2. The van der Waals surface area contributed by atoms with Gasteiger partial charge in [0.15, 0.2) is 23.2 Å². The molecule has 0 saturated carbocycles. The highest BCUT2D eigenvalue weighted by Gasteiger charge is 2.44. The third-order valence-corrected chi connectivity index (χ3v) is 5.80. The summed E-state index contributed by atoms with van der Waals surface area (Å²) in [6, 6.07) is 4.69. The van der Waals surface area contributed by atoms with Gasteiger partial charge in [-0.05, 0) is 18.1 Å². The molecule has 13 nitrogen and oxygen atoms in total. The molecule has 0 unspecified atom stereocenters. The van der Waals surface area contributed by atoms with Crippen LogP contribution < -0.4 is 5.32 Å². The molecule has 4 heterocycles. The third kappa shape index (κ3) is 3.66. The van der Waals surface area contributed by atoms with Gasteiger partial charge in [0.25, 0.3) is 5.69 Å². The Bertz CT molecular complexity index is 1320. The molecule has 13 heteroatoms. The zero-order chi connectivity index (χ0) is 23.1. The Kier molecular flexibility index (Phi) is 5.38. The van der Waals surface area contributed by atoms with Gasteiger partial charge in [0.2, 0.25) is 0 Å². The molecule has 5 rings (SSSR count). The van der Waals surface area contributed by atoms with Gasteiger partial charge >= 0.3 is 0 Å². The standard InChI is InChI=1S/C20H21N7O6/c28-7-14-16(29)17(30)20(33-14)26-9-25-15-18(23-8-24-19(15)26)21-4-3-10-6-22-13-2-1-11(27(31)32)5-12(10)13/h1-2,5-6,8-9,14,16-17,20,22,28-30H,3-4,7H2,(H,21,23,24)/t14-,16-,17-,20-/m1/s1. The summed E-state index contributed by atoms with van der Waals surface area (Å²) in [4.78, 5) is 26.6. The lowest BCUT2D eigenvalue weighted by Gasteiger charge is -2.16. The predicted molar refractivity (Wildman–Crippen MR) is 115 cm³/mol. The largest absolute Gasteiger partial charge is 0.394 e. The Morgan fingerprint density at radius 3 is 2.85 bits per heavy atom. The molecule has 33 heavy (non-hydrogen) atoms. The molecule has 1 fully saturated rings. The summed E-state index contributed by atoms with van der Waals surface area (Å²) in [6.45, 7) is 0.0443. The maximum atomic E-state index is 11.1. The van der Waals surface area contributed by atoms with Crippen molar-refractivity contribution in [1.82, 2.24) is 24.5 Å². The van der Waals surface area contributed by atoms with Crippen LogP contribution in [0.5, 0.6) is 0 Å². The number of rotatable bonds is 7. The number of imidazole rings is 1. The van der Waals surface area contributed by atoms with E-state index >= 15 is 0 Å². The van der Waals surface area contributed by atoms with Gasteiger partial charge in [-0.15, -0.1) is 0 Å². The van der Waals surface area contributed by atoms with E-state index in [1.54, 1.807) is 12.1 Å². The van der Waals surface area contributed by atoms with Crippen LogP contribution in [0.2, 0.25) is 0 Å². The minimum Gasteiger partial charge on any atom is -0.394 e. The maximum absolute atomic E-state index is 11.1. The highest BCUT2D eigenvalue weighted by Crippen LogP contribution is 2.32. The number of benzene rings is 1. The van der Waals surface area contributed by atoms with Crippen molar-refractivity contribution in [2.75, 3.05) is 18.5 Å². The van der Waals surface area contributed by atoms with Gasteiger partial charge < -0.3 is 30.4 Å². The van der Waals surface area contributed by atoms with Gasteiger partial charge in [-0.2, -0.15) is 0 Å². The van der Waals surface area contributed by atoms with Crippen molar-refractivity contribution in [2.45, 2.75) is 31.0 Å². The fraction of sp³-hybridized carbons (Fsp3) is 0.350. The summed E-state index contributed by atoms with van der Waals surface area (Å²) >= 11 is 0. The Morgan fingerprint density at radius 2 is 2.09 bits per heavy atom. The number of nitrogens with one attached hydrogen (secondary N) is 2. The number of hydrogen-bond acceptors (Lipinski definition) is 10. The molecule has 1 saturated heterocycles. The van der Waals surface area contributed by atoms with Gasteiger partial charge in [-0.1, -0.05) is 0 Å². The van der Waals surface area contributed by atoms with Crippen molar-refractivity contribution < 1.29 is 25.0 Å². The van der Waals surface area contributed by atoms with Crippen LogP contribution >= 0.6 is 0 Å². The second-order valence-electron chi connectivity index (χ2n) is 7.75. The summed E-state index contributed by atoms with van der Waals surface area (Å²) in [5.41, 5.74) is 2.61. The number of aliphatic hydroxyl groups excluding tert-OH is 3. The highest BCUT2D eigenvalue weighted by atomic mass is 16.6. The molecule has 0 bridgehead atoms. The topological polar surface area (TPSA) is 184 Å². The van der Waals surface area contributed by atoms with Gasteiger partial charge in [-0.25, -0.2) is 15.0 Å². The first-order chi connectivity index (χ1) is 16.0. The minimum atomic E-state index is -1.25. The summed E-state index contributed by atoms with van der Waals surface area (Å²) in [5, 5.41) is 44.7. The normalized spacial score (nSPS) is 22.9. The number of nitro groups is 1. The Balaban J connectivity index is 1.34. The van der Waals surface area contributed by atoms with Crippen molar-refractivity contribution in [3.8, 4) is 0 Å². The van der Waals surface area contributed by atoms with E-state index in [0.29, 0.717) is 29.9 Å². The average molecular weight is 455 g/mol. The molecule has 5 N–H and O–H groups in total. The molecule has 1 aliphatic rings. The molecule has 172 valence electrons. The molecule has 4 atom stereocenters. The first-order valence-corrected chi connectivity index (χ1v) is 10.3. The smallest absolute Gasteiger partial charge is 0.270 e. The van der Waals surface area contributed by atoms with Gasteiger partial charge in [-0.3, -0.25) is 14.7 Å². The van der Waals surface area contributed by atoms with E-state index in [9.17, 15) is 25.4 Å². The lowest BCUT2D eigenvalue weighted by molar-refractivity contribution is -0.384. The Labute approximate surface area is 185 Å². The van der Waals surface area contributed by atoms with Crippen LogP contribution in [-0.2, 0) is 11.2 Å². The summed E-state index contributed by atoms with van der Waals surface area (Å²) in [6.07, 6.45) is 0.828. The summed E-state index contributed by atoms with van der Waals surface area (Å²) < 4.78 is 7.06. The lowest BCUT2D eigenvalue weighted by Crippen LogP contribution is -2.33. The van der Waals surface area contributed by atoms with Crippen LogP contribution in [0.15, 0.2) is 37.1 Å².